The Bertz CT molecular complexity index is 1260. The Morgan fingerprint density at radius 3 is 2.68 bits per heavy atom. The molecule has 0 spiro atoms. The minimum absolute atomic E-state index is 0.0532. The van der Waals surface area contributed by atoms with Crippen LogP contribution in [0.5, 0.6) is 0 Å². The van der Waals surface area contributed by atoms with Gasteiger partial charge in [-0.3, -0.25) is 14.5 Å². The number of thiocarbonyl (C=S) groups is 1. The third-order valence-electron chi connectivity index (χ3n) is 3.99. The van der Waals surface area contributed by atoms with Gasteiger partial charge in [-0.15, -0.1) is 0 Å². The van der Waals surface area contributed by atoms with Crippen molar-refractivity contribution in [3.05, 3.63) is 79.2 Å². The first-order chi connectivity index (χ1) is 13.4. The predicted molar refractivity (Wildman–Crippen MR) is 115 cm³/mol. The SMILES string of the molecule is O=C1/C(=C\c2coc3c(Cl)cc(Cl)cc3c2=O)SC(=S)N1c1ccccc1F. The molecule has 28 heavy (non-hydrogen) atoms. The van der Waals surface area contributed by atoms with Crippen molar-refractivity contribution < 1.29 is 13.6 Å². The Balaban J connectivity index is 1.79. The van der Waals surface area contributed by atoms with Gasteiger partial charge >= 0.3 is 0 Å². The molecule has 0 bridgehead atoms. The standard InChI is InChI=1S/C19H8Cl2FNO3S2/c20-10-6-11-16(24)9(8-26-17(11)12(21)7-10)5-15-18(25)23(19(27)28-15)14-4-2-1-3-13(14)22/h1-8H/b15-5+. The molecule has 2 heterocycles. The van der Waals surface area contributed by atoms with E-state index in [2.05, 4.69) is 0 Å². The molecule has 0 N–H and O–H groups in total. The zero-order valence-corrected chi connectivity index (χ0v) is 16.9. The number of hydrogen-bond acceptors (Lipinski definition) is 5. The van der Waals surface area contributed by atoms with Crippen LogP contribution < -0.4 is 10.3 Å². The highest BCUT2D eigenvalue weighted by atomic mass is 35.5. The fourth-order valence-electron chi connectivity index (χ4n) is 2.73. The zero-order chi connectivity index (χ0) is 20.0. The van der Waals surface area contributed by atoms with E-state index in [0.29, 0.717) is 0 Å². The van der Waals surface area contributed by atoms with Crippen LogP contribution in [-0.2, 0) is 4.79 Å². The van der Waals surface area contributed by atoms with Crippen LogP contribution in [0.15, 0.2) is 56.8 Å². The molecule has 0 saturated carbocycles. The van der Waals surface area contributed by atoms with Gasteiger partial charge in [0.15, 0.2) is 15.3 Å². The number of carbonyl (C=O) groups excluding carboxylic acids is 1. The molecule has 0 radical (unpaired) electrons. The summed E-state index contributed by atoms with van der Waals surface area (Å²) in [5.41, 5.74) is -0.0219. The van der Waals surface area contributed by atoms with Gasteiger partial charge in [0.25, 0.3) is 5.91 Å². The van der Waals surface area contributed by atoms with Crippen molar-refractivity contribution >= 4 is 80.1 Å². The van der Waals surface area contributed by atoms with Crippen molar-refractivity contribution in [1.29, 1.82) is 0 Å². The van der Waals surface area contributed by atoms with E-state index in [9.17, 15) is 14.0 Å². The van der Waals surface area contributed by atoms with E-state index in [1.807, 2.05) is 0 Å². The molecule has 3 aromatic rings. The molecule has 1 saturated heterocycles. The predicted octanol–water partition coefficient (Wildman–Crippen LogP) is 5.64. The minimum Gasteiger partial charge on any atom is -0.462 e. The van der Waals surface area contributed by atoms with Gasteiger partial charge in [0.05, 0.1) is 26.6 Å². The second kappa shape index (κ2) is 7.33. The van der Waals surface area contributed by atoms with Gasteiger partial charge in [0.1, 0.15) is 12.1 Å². The van der Waals surface area contributed by atoms with Crippen LogP contribution >= 0.6 is 47.2 Å². The van der Waals surface area contributed by atoms with Crippen LogP contribution in [0.3, 0.4) is 0 Å². The fraction of sp³-hybridized carbons (Fsp3) is 0. The summed E-state index contributed by atoms with van der Waals surface area (Å²) in [5, 5.41) is 0.681. The molecule has 4 nitrogen and oxygen atoms in total. The average molecular weight is 452 g/mol. The van der Waals surface area contributed by atoms with E-state index in [4.69, 9.17) is 39.8 Å². The summed E-state index contributed by atoms with van der Waals surface area (Å²) >= 11 is 18.2. The second-order valence-corrected chi connectivity index (χ2v) is 8.27. The van der Waals surface area contributed by atoms with Gasteiger partial charge in [-0.2, -0.15) is 0 Å². The van der Waals surface area contributed by atoms with Crippen LogP contribution in [0, 0.1) is 5.82 Å². The van der Waals surface area contributed by atoms with Crippen LogP contribution in [0.2, 0.25) is 10.0 Å². The summed E-state index contributed by atoms with van der Waals surface area (Å²) in [4.78, 5) is 26.8. The number of halogens is 3. The number of benzene rings is 2. The van der Waals surface area contributed by atoms with Crippen LogP contribution in [0.4, 0.5) is 10.1 Å². The maximum Gasteiger partial charge on any atom is 0.270 e. The van der Waals surface area contributed by atoms with Crippen molar-refractivity contribution in [2.75, 3.05) is 4.90 Å². The Labute approximate surface area is 177 Å². The number of hydrogen-bond donors (Lipinski definition) is 0. The number of carbonyl (C=O) groups is 1. The van der Waals surface area contributed by atoms with Crippen molar-refractivity contribution in [3.63, 3.8) is 0 Å². The van der Waals surface area contributed by atoms with E-state index >= 15 is 0 Å². The number of amides is 1. The van der Waals surface area contributed by atoms with E-state index in [-0.39, 0.29) is 41.5 Å². The largest absolute Gasteiger partial charge is 0.462 e. The molecule has 1 aliphatic rings. The lowest BCUT2D eigenvalue weighted by Crippen LogP contribution is -2.28. The first kappa shape index (κ1) is 19.1. The highest BCUT2D eigenvalue weighted by molar-refractivity contribution is 8.27. The number of fused-ring (bicyclic) bond motifs is 1. The molecule has 9 heteroatoms. The first-order valence-corrected chi connectivity index (χ1v) is 9.78. The molecule has 0 aliphatic carbocycles. The van der Waals surface area contributed by atoms with Crippen molar-refractivity contribution in [3.8, 4) is 0 Å². The van der Waals surface area contributed by atoms with Gasteiger partial charge < -0.3 is 4.42 Å². The molecule has 0 atom stereocenters. The molecular formula is C19H8Cl2FNO3S2. The third-order valence-corrected chi connectivity index (χ3v) is 5.79. The van der Waals surface area contributed by atoms with Crippen molar-refractivity contribution in [2.45, 2.75) is 0 Å². The second-order valence-electron chi connectivity index (χ2n) is 5.75. The number of rotatable bonds is 2. The maximum absolute atomic E-state index is 14.1. The molecule has 2 aromatic carbocycles. The summed E-state index contributed by atoms with van der Waals surface area (Å²) in [7, 11) is 0. The van der Waals surface area contributed by atoms with E-state index in [0.717, 1.165) is 16.7 Å². The third kappa shape index (κ3) is 3.24. The fourth-order valence-corrected chi connectivity index (χ4v) is 4.54. The average Bonchev–Trinajstić information content (AvgIpc) is 2.92. The molecule has 4 rings (SSSR count). The first-order valence-electron chi connectivity index (χ1n) is 7.80. The Morgan fingerprint density at radius 1 is 1.18 bits per heavy atom. The van der Waals surface area contributed by atoms with Gasteiger partial charge in [-0.05, 0) is 30.3 Å². The number of nitrogens with zero attached hydrogens (tertiary/aromatic N) is 1. The summed E-state index contributed by atoms with van der Waals surface area (Å²) in [6.45, 7) is 0. The highest BCUT2D eigenvalue weighted by Crippen LogP contribution is 2.37. The Hall–Kier alpha value is -2.19. The van der Waals surface area contributed by atoms with E-state index in [1.165, 1.54) is 42.7 Å². The van der Waals surface area contributed by atoms with Gasteiger partial charge in [0.2, 0.25) is 0 Å². The van der Waals surface area contributed by atoms with E-state index < -0.39 is 17.2 Å². The Morgan fingerprint density at radius 2 is 1.93 bits per heavy atom. The smallest absolute Gasteiger partial charge is 0.270 e. The summed E-state index contributed by atoms with van der Waals surface area (Å²) in [6.07, 6.45) is 2.57. The van der Waals surface area contributed by atoms with E-state index in [1.54, 1.807) is 6.07 Å². The quantitative estimate of drug-likeness (QED) is 0.372. The molecule has 1 amide bonds. The monoisotopic (exact) mass is 451 g/mol. The molecule has 1 fully saturated rings. The van der Waals surface area contributed by atoms with Crippen LogP contribution in [0.25, 0.3) is 17.0 Å². The van der Waals surface area contributed by atoms with Gasteiger partial charge in [0, 0.05) is 5.02 Å². The molecule has 1 aliphatic heterocycles. The molecular weight excluding hydrogens is 444 g/mol. The molecule has 1 aromatic heterocycles. The summed E-state index contributed by atoms with van der Waals surface area (Å²) < 4.78 is 19.7. The summed E-state index contributed by atoms with van der Waals surface area (Å²) in [5.74, 6) is -1.10. The minimum atomic E-state index is -0.574. The number of anilines is 1. The van der Waals surface area contributed by atoms with Crippen LogP contribution in [0.1, 0.15) is 5.56 Å². The van der Waals surface area contributed by atoms with Crippen molar-refractivity contribution in [2.24, 2.45) is 0 Å². The molecule has 140 valence electrons. The lowest BCUT2D eigenvalue weighted by atomic mass is 10.1. The number of thioether (sulfide) groups is 1. The van der Waals surface area contributed by atoms with Gasteiger partial charge in [-0.25, -0.2) is 4.39 Å². The molecule has 0 unspecified atom stereocenters. The lowest BCUT2D eigenvalue weighted by Gasteiger charge is -2.14. The number of para-hydroxylation sites is 1. The topological polar surface area (TPSA) is 50.5 Å². The Kier molecular flexibility index (Phi) is 5.01. The normalized spacial score (nSPS) is 15.8. The van der Waals surface area contributed by atoms with Gasteiger partial charge in [-0.1, -0.05) is 59.3 Å². The van der Waals surface area contributed by atoms with Crippen molar-refractivity contribution in [1.82, 2.24) is 0 Å². The highest BCUT2D eigenvalue weighted by Gasteiger charge is 2.35. The summed E-state index contributed by atoms with van der Waals surface area (Å²) in [6, 6.07) is 8.72. The maximum atomic E-state index is 14.1. The lowest BCUT2D eigenvalue weighted by molar-refractivity contribution is -0.113. The zero-order valence-electron chi connectivity index (χ0n) is 13.7. The van der Waals surface area contributed by atoms with Crippen LogP contribution in [-0.4, -0.2) is 10.2 Å².